The summed E-state index contributed by atoms with van der Waals surface area (Å²) in [4.78, 5) is 28.3. The Kier molecular flexibility index (Phi) is 6.95. The van der Waals surface area contributed by atoms with Gasteiger partial charge in [-0.25, -0.2) is 0 Å². The molecule has 4 atom stereocenters. The average Bonchev–Trinajstić information content (AvgIpc) is 2.45. The average molecular weight is 286 g/mol. The number of hydrogen-bond donors (Lipinski definition) is 2. The molecule has 1 amide bonds. The number of ether oxygens (including phenoxy) is 1. The van der Waals surface area contributed by atoms with Gasteiger partial charge in [-0.1, -0.05) is 27.2 Å². The predicted octanol–water partition coefficient (Wildman–Crippen LogP) is 1.01. The van der Waals surface area contributed by atoms with E-state index in [1.54, 1.807) is 0 Å². The van der Waals surface area contributed by atoms with Crippen molar-refractivity contribution < 1.29 is 19.2 Å². The maximum absolute atomic E-state index is 11.9. The first-order chi connectivity index (χ1) is 9.49. The van der Waals surface area contributed by atoms with Crippen molar-refractivity contribution in [3.05, 3.63) is 0 Å². The summed E-state index contributed by atoms with van der Waals surface area (Å²) in [5.41, 5.74) is 3.01. The number of amides is 1. The topological polar surface area (TPSA) is 76.7 Å². The summed E-state index contributed by atoms with van der Waals surface area (Å²) in [6.45, 7) is 6.72. The van der Waals surface area contributed by atoms with E-state index in [0.29, 0.717) is 18.3 Å². The first kappa shape index (κ1) is 16.9. The molecule has 1 aliphatic heterocycles. The van der Waals surface area contributed by atoms with Crippen molar-refractivity contribution in [1.29, 1.82) is 0 Å². The number of rotatable bonds is 6. The number of hydrogen-bond acceptors (Lipinski definition) is 5. The number of methoxy groups -OCH3 is 1. The van der Waals surface area contributed by atoms with E-state index in [2.05, 4.69) is 36.3 Å². The lowest BCUT2D eigenvalue weighted by Crippen LogP contribution is -2.52. The Labute approximate surface area is 120 Å². The van der Waals surface area contributed by atoms with Gasteiger partial charge >= 0.3 is 5.97 Å². The lowest BCUT2D eigenvalue weighted by atomic mass is 9.85. The predicted molar refractivity (Wildman–Crippen MR) is 74.7 cm³/mol. The van der Waals surface area contributed by atoms with Crippen LogP contribution in [-0.4, -0.2) is 37.7 Å². The largest absolute Gasteiger partial charge is 0.469 e. The van der Waals surface area contributed by atoms with Gasteiger partial charge in [-0.05, 0) is 18.3 Å². The van der Waals surface area contributed by atoms with E-state index in [1.165, 1.54) is 7.11 Å². The zero-order valence-electron chi connectivity index (χ0n) is 12.8. The second-order valence-corrected chi connectivity index (χ2v) is 5.47. The van der Waals surface area contributed by atoms with E-state index in [9.17, 15) is 9.59 Å². The van der Waals surface area contributed by atoms with Crippen LogP contribution in [0.3, 0.4) is 0 Å². The Morgan fingerprint density at radius 2 is 2.20 bits per heavy atom. The van der Waals surface area contributed by atoms with Gasteiger partial charge in [0.25, 0.3) is 5.91 Å². The molecule has 1 saturated heterocycles. The smallest absolute Gasteiger partial charge is 0.307 e. The summed E-state index contributed by atoms with van der Waals surface area (Å²) >= 11 is 0. The van der Waals surface area contributed by atoms with Crippen LogP contribution in [0.2, 0.25) is 0 Å². The molecule has 0 aromatic rings. The molecule has 0 bridgehead atoms. The van der Waals surface area contributed by atoms with Gasteiger partial charge in [-0.3, -0.25) is 14.4 Å². The molecule has 1 aliphatic rings. The molecule has 0 radical (unpaired) electrons. The van der Waals surface area contributed by atoms with E-state index < -0.39 is 6.10 Å². The van der Waals surface area contributed by atoms with Crippen molar-refractivity contribution in [2.24, 2.45) is 11.8 Å². The molecule has 116 valence electrons. The molecule has 0 spiro atoms. The summed E-state index contributed by atoms with van der Waals surface area (Å²) in [5.74, 6) is 0.359. The Balaban J connectivity index is 2.35. The highest BCUT2D eigenvalue weighted by Gasteiger charge is 2.34. The molecule has 6 heteroatoms. The third-order valence-electron chi connectivity index (χ3n) is 3.95. The number of hydroxylamine groups is 1. The van der Waals surface area contributed by atoms with E-state index in [-0.39, 0.29) is 30.9 Å². The second kappa shape index (κ2) is 8.21. The van der Waals surface area contributed by atoms with Crippen LogP contribution in [-0.2, 0) is 19.2 Å². The normalized spacial score (nSPS) is 27.7. The molecule has 6 nitrogen and oxygen atoms in total. The molecular weight excluding hydrogens is 260 g/mol. The van der Waals surface area contributed by atoms with Gasteiger partial charge in [0.2, 0.25) is 0 Å². The van der Waals surface area contributed by atoms with Crippen LogP contribution in [0.4, 0.5) is 0 Å². The SMILES string of the molecule is CCC(C)C1NOC(C(=O)NCCC(=O)OC)CC1C. The highest BCUT2D eigenvalue weighted by Crippen LogP contribution is 2.25. The van der Waals surface area contributed by atoms with Gasteiger partial charge in [0.1, 0.15) is 0 Å². The van der Waals surface area contributed by atoms with Crippen molar-refractivity contribution in [3.8, 4) is 0 Å². The van der Waals surface area contributed by atoms with Gasteiger partial charge in [0, 0.05) is 12.6 Å². The third-order valence-corrected chi connectivity index (χ3v) is 3.95. The molecule has 1 rings (SSSR count). The van der Waals surface area contributed by atoms with Gasteiger partial charge in [0.15, 0.2) is 6.10 Å². The van der Waals surface area contributed by atoms with E-state index >= 15 is 0 Å². The van der Waals surface area contributed by atoms with Gasteiger partial charge in [0.05, 0.1) is 13.5 Å². The molecule has 0 aromatic heterocycles. The van der Waals surface area contributed by atoms with Crippen molar-refractivity contribution in [1.82, 2.24) is 10.8 Å². The number of carbonyl (C=O) groups excluding carboxylic acids is 2. The molecule has 20 heavy (non-hydrogen) atoms. The highest BCUT2D eigenvalue weighted by atomic mass is 16.7. The van der Waals surface area contributed by atoms with Crippen LogP contribution in [0.25, 0.3) is 0 Å². The van der Waals surface area contributed by atoms with E-state index in [4.69, 9.17) is 4.84 Å². The third kappa shape index (κ3) is 4.76. The number of nitrogens with one attached hydrogen (secondary N) is 2. The molecule has 0 aromatic carbocycles. The zero-order chi connectivity index (χ0) is 15.1. The summed E-state index contributed by atoms with van der Waals surface area (Å²) < 4.78 is 4.51. The minimum atomic E-state index is -0.497. The van der Waals surface area contributed by atoms with Crippen LogP contribution in [0.5, 0.6) is 0 Å². The molecule has 4 unspecified atom stereocenters. The number of esters is 1. The number of carbonyl (C=O) groups is 2. The lowest BCUT2D eigenvalue weighted by molar-refractivity contribution is -0.154. The van der Waals surface area contributed by atoms with Crippen LogP contribution in [0, 0.1) is 11.8 Å². The highest BCUT2D eigenvalue weighted by molar-refractivity contribution is 5.81. The zero-order valence-corrected chi connectivity index (χ0v) is 12.8. The van der Waals surface area contributed by atoms with Crippen molar-refractivity contribution in [2.45, 2.75) is 52.2 Å². The fourth-order valence-corrected chi connectivity index (χ4v) is 2.40. The molecule has 2 N–H and O–H groups in total. The standard InChI is InChI=1S/C14H26N2O4/c1-5-9(2)13-10(3)8-11(20-16-13)14(18)15-7-6-12(17)19-4/h9-11,13,16H,5-8H2,1-4H3,(H,15,18). The van der Waals surface area contributed by atoms with Crippen LogP contribution in [0.15, 0.2) is 0 Å². The Morgan fingerprint density at radius 3 is 2.75 bits per heavy atom. The van der Waals surface area contributed by atoms with Gasteiger partial charge in [-0.15, -0.1) is 0 Å². The molecule has 1 fully saturated rings. The fourth-order valence-electron chi connectivity index (χ4n) is 2.40. The fraction of sp³-hybridized carbons (Fsp3) is 0.857. The summed E-state index contributed by atoms with van der Waals surface area (Å²) in [5, 5.41) is 2.69. The molecule has 0 aliphatic carbocycles. The Morgan fingerprint density at radius 1 is 1.50 bits per heavy atom. The van der Waals surface area contributed by atoms with Crippen LogP contribution in [0.1, 0.15) is 40.0 Å². The monoisotopic (exact) mass is 286 g/mol. The molecule has 0 saturated carbocycles. The van der Waals surface area contributed by atoms with Crippen LogP contribution < -0.4 is 10.8 Å². The van der Waals surface area contributed by atoms with E-state index in [0.717, 1.165) is 6.42 Å². The van der Waals surface area contributed by atoms with Gasteiger partial charge in [-0.2, -0.15) is 5.48 Å². The lowest BCUT2D eigenvalue weighted by Gasteiger charge is -2.37. The quantitative estimate of drug-likeness (QED) is 0.713. The summed E-state index contributed by atoms with van der Waals surface area (Å²) in [6.07, 6.45) is 1.43. The van der Waals surface area contributed by atoms with Crippen molar-refractivity contribution in [3.63, 3.8) is 0 Å². The maximum Gasteiger partial charge on any atom is 0.307 e. The maximum atomic E-state index is 11.9. The van der Waals surface area contributed by atoms with Crippen molar-refractivity contribution >= 4 is 11.9 Å². The van der Waals surface area contributed by atoms with Crippen LogP contribution >= 0.6 is 0 Å². The van der Waals surface area contributed by atoms with E-state index in [1.807, 2.05) is 0 Å². The first-order valence-corrected chi connectivity index (χ1v) is 7.25. The Hall–Kier alpha value is -1.14. The summed E-state index contributed by atoms with van der Waals surface area (Å²) in [6, 6.07) is 0.277. The molecule has 1 heterocycles. The molecular formula is C14H26N2O4. The van der Waals surface area contributed by atoms with Crippen molar-refractivity contribution in [2.75, 3.05) is 13.7 Å². The van der Waals surface area contributed by atoms with Gasteiger partial charge < -0.3 is 10.1 Å². The summed E-state index contributed by atoms with van der Waals surface area (Å²) in [7, 11) is 1.33. The first-order valence-electron chi connectivity index (χ1n) is 7.25. The second-order valence-electron chi connectivity index (χ2n) is 5.47. The minimum absolute atomic E-state index is 0.174. The Bertz CT molecular complexity index is 335. The minimum Gasteiger partial charge on any atom is -0.469 e.